The molecule has 1 unspecified atom stereocenters. The summed E-state index contributed by atoms with van der Waals surface area (Å²) in [6, 6.07) is 4.51. The molecule has 0 saturated heterocycles. The molecule has 8 heteroatoms. The van der Waals surface area contributed by atoms with Gasteiger partial charge in [-0.3, -0.25) is 9.13 Å². The van der Waals surface area contributed by atoms with E-state index >= 15 is 0 Å². The quantitative estimate of drug-likeness (QED) is 0.826. The highest BCUT2D eigenvalue weighted by molar-refractivity contribution is 7.89. The third-order valence-electron chi connectivity index (χ3n) is 5.33. The highest BCUT2D eigenvalue weighted by atomic mass is 32.2. The Hall–Kier alpha value is -1.64. The SMILES string of the molecule is Cn1c(=O)n(C)c2cc(S(=O)(=O)NC(CN)C3CCCCC3)ccc21. The van der Waals surface area contributed by atoms with E-state index in [1.807, 2.05) is 0 Å². The Morgan fingerprint density at radius 1 is 1.16 bits per heavy atom. The number of nitrogens with one attached hydrogen (secondary N) is 1. The lowest BCUT2D eigenvalue weighted by atomic mass is 9.84. The van der Waals surface area contributed by atoms with E-state index in [1.165, 1.54) is 15.6 Å². The number of aryl methyl sites for hydroxylation is 2. The summed E-state index contributed by atoms with van der Waals surface area (Å²) in [5.41, 5.74) is 6.97. The highest BCUT2D eigenvalue weighted by Crippen LogP contribution is 2.27. The number of nitrogens with two attached hydrogens (primary N) is 1. The summed E-state index contributed by atoms with van der Waals surface area (Å²) in [5.74, 6) is 0.290. The molecule has 1 aromatic heterocycles. The number of sulfonamides is 1. The third kappa shape index (κ3) is 3.38. The zero-order valence-corrected chi connectivity index (χ0v) is 15.6. The molecule has 3 N–H and O–H groups in total. The monoisotopic (exact) mass is 366 g/mol. The summed E-state index contributed by atoms with van der Waals surface area (Å²) in [7, 11) is -0.378. The van der Waals surface area contributed by atoms with E-state index in [0.717, 1.165) is 25.7 Å². The number of rotatable bonds is 5. The van der Waals surface area contributed by atoms with Crippen molar-refractivity contribution in [2.45, 2.75) is 43.0 Å². The van der Waals surface area contributed by atoms with Gasteiger partial charge in [-0.15, -0.1) is 0 Å². The Morgan fingerprint density at radius 2 is 1.80 bits per heavy atom. The first-order valence-corrected chi connectivity index (χ1v) is 10.2. The van der Waals surface area contributed by atoms with E-state index in [4.69, 9.17) is 5.73 Å². The average Bonchev–Trinajstić information content (AvgIpc) is 2.84. The highest BCUT2D eigenvalue weighted by Gasteiger charge is 2.27. The van der Waals surface area contributed by atoms with Crippen LogP contribution in [-0.4, -0.2) is 30.1 Å². The lowest BCUT2D eigenvalue weighted by Crippen LogP contribution is -2.45. The Balaban J connectivity index is 1.92. The molecule has 1 aliphatic rings. The van der Waals surface area contributed by atoms with Crippen LogP contribution in [0.15, 0.2) is 27.9 Å². The Morgan fingerprint density at radius 3 is 2.44 bits per heavy atom. The maximum absolute atomic E-state index is 12.8. The van der Waals surface area contributed by atoms with Crippen molar-refractivity contribution in [1.29, 1.82) is 0 Å². The van der Waals surface area contributed by atoms with Gasteiger partial charge in [-0.05, 0) is 37.0 Å². The molecule has 0 bridgehead atoms. The summed E-state index contributed by atoms with van der Waals surface area (Å²) < 4.78 is 31.4. The smallest absolute Gasteiger partial charge is 0.328 e. The van der Waals surface area contributed by atoms with E-state index < -0.39 is 10.0 Å². The molecule has 1 saturated carbocycles. The van der Waals surface area contributed by atoms with Crippen molar-refractivity contribution in [1.82, 2.24) is 13.9 Å². The van der Waals surface area contributed by atoms with Crippen molar-refractivity contribution in [2.24, 2.45) is 25.7 Å². The minimum atomic E-state index is -3.69. The van der Waals surface area contributed by atoms with Gasteiger partial charge in [0.05, 0.1) is 15.9 Å². The van der Waals surface area contributed by atoms with Gasteiger partial charge in [-0.2, -0.15) is 0 Å². The molecule has 0 amide bonds. The maximum Gasteiger partial charge on any atom is 0.328 e. The minimum Gasteiger partial charge on any atom is -0.329 e. The van der Waals surface area contributed by atoms with Gasteiger partial charge >= 0.3 is 5.69 Å². The Bertz CT molecular complexity index is 923. The molecule has 3 rings (SSSR count). The molecular weight excluding hydrogens is 340 g/mol. The topological polar surface area (TPSA) is 99.1 Å². The average molecular weight is 366 g/mol. The zero-order valence-electron chi connectivity index (χ0n) is 14.7. The van der Waals surface area contributed by atoms with Crippen LogP contribution in [-0.2, 0) is 24.1 Å². The number of imidazole rings is 1. The number of fused-ring (bicyclic) bond motifs is 1. The number of hydrogen-bond acceptors (Lipinski definition) is 4. The molecule has 0 radical (unpaired) electrons. The number of nitrogens with zero attached hydrogens (tertiary/aromatic N) is 2. The summed E-state index contributed by atoms with van der Waals surface area (Å²) in [6.07, 6.45) is 5.48. The van der Waals surface area contributed by atoms with Gasteiger partial charge in [0.25, 0.3) is 0 Å². The van der Waals surface area contributed by atoms with Crippen LogP contribution in [0.4, 0.5) is 0 Å². The predicted octanol–water partition coefficient (Wildman–Crippen LogP) is 1.06. The van der Waals surface area contributed by atoms with Crippen molar-refractivity contribution in [3.63, 3.8) is 0 Å². The van der Waals surface area contributed by atoms with Crippen LogP contribution < -0.4 is 16.1 Å². The standard InChI is InChI=1S/C17H26N4O3S/c1-20-15-9-8-13(10-16(15)21(2)17(20)22)25(23,24)19-14(11-18)12-6-4-3-5-7-12/h8-10,12,14,19H,3-7,11,18H2,1-2H3. The molecule has 1 fully saturated rings. The first kappa shape index (κ1) is 18.2. The van der Waals surface area contributed by atoms with E-state index in [1.54, 1.807) is 32.3 Å². The fraction of sp³-hybridized carbons (Fsp3) is 0.588. The fourth-order valence-corrected chi connectivity index (χ4v) is 5.13. The second-order valence-electron chi connectivity index (χ2n) is 6.91. The normalized spacial score (nSPS) is 17.9. The largest absolute Gasteiger partial charge is 0.329 e. The first-order valence-electron chi connectivity index (χ1n) is 8.73. The van der Waals surface area contributed by atoms with Gasteiger partial charge in [-0.25, -0.2) is 17.9 Å². The van der Waals surface area contributed by atoms with Crippen molar-refractivity contribution in [2.75, 3.05) is 6.54 Å². The molecule has 138 valence electrons. The van der Waals surface area contributed by atoms with Gasteiger partial charge in [-0.1, -0.05) is 19.3 Å². The predicted molar refractivity (Wildman–Crippen MR) is 97.9 cm³/mol. The van der Waals surface area contributed by atoms with Gasteiger partial charge in [0.15, 0.2) is 0 Å². The second-order valence-corrected chi connectivity index (χ2v) is 8.63. The summed E-state index contributed by atoms with van der Waals surface area (Å²) in [6.45, 7) is 0.288. The molecule has 2 aromatic rings. The Labute approximate surface area is 147 Å². The van der Waals surface area contributed by atoms with E-state index in [2.05, 4.69) is 4.72 Å². The van der Waals surface area contributed by atoms with E-state index in [-0.39, 0.29) is 23.2 Å². The number of benzene rings is 1. The molecule has 7 nitrogen and oxygen atoms in total. The van der Waals surface area contributed by atoms with Gasteiger partial charge in [0.2, 0.25) is 10.0 Å². The van der Waals surface area contributed by atoms with Crippen LogP contribution in [0.1, 0.15) is 32.1 Å². The van der Waals surface area contributed by atoms with Crippen LogP contribution in [0.25, 0.3) is 11.0 Å². The number of hydrogen-bond donors (Lipinski definition) is 2. The van der Waals surface area contributed by atoms with Crippen LogP contribution in [0.2, 0.25) is 0 Å². The van der Waals surface area contributed by atoms with Crippen LogP contribution in [0.3, 0.4) is 0 Å². The summed E-state index contributed by atoms with van der Waals surface area (Å²) >= 11 is 0. The van der Waals surface area contributed by atoms with Crippen LogP contribution >= 0.6 is 0 Å². The molecule has 1 heterocycles. The summed E-state index contributed by atoms with van der Waals surface area (Å²) in [4.78, 5) is 12.2. The Kier molecular flexibility index (Phi) is 5.04. The van der Waals surface area contributed by atoms with Crippen molar-refractivity contribution in [3.05, 3.63) is 28.7 Å². The van der Waals surface area contributed by atoms with Crippen molar-refractivity contribution in [3.8, 4) is 0 Å². The maximum atomic E-state index is 12.8. The van der Waals surface area contributed by atoms with Gasteiger partial charge in [0.1, 0.15) is 0 Å². The third-order valence-corrected chi connectivity index (χ3v) is 6.82. The molecule has 25 heavy (non-hydrogen) atoms. The molecule has 1 aromatic carbocycles. The van der Waals surface area contributed by atoms with E-state index in [9.17, 15) is 13.2 Å². The first-order chi connectivity index (χ1) is 11.8. The van der Waals surface area contributed by atoms with Crippen LogP contribution in [0, 0.1) is 5.92 Å². The van der Waals surface area contributed by atoms with Crippen molar-refractivity contribution < 1.29 is 8.42 Å². The van der Waals surface area contributed by atoms with Gasteiger partial charge < -0.3 is 5.73 Å². The molecule has 0 spiro atoms. The number of aromatic nitrogens is 2. The van der Waals surface area contributed by atoms with Crippen LogP contribution in [0.5, 0.6) is 0 Å². The van der Waals surface area contributed by atoms with Crippen molar-refractivity contribution >= 4 is 21.1 Å². The lowest BCUT2D eigenvalue weighted by Gasteiger charge is -2.29. The minimum absolute atomic E-state index is 0.162. The zero-order chi connectivity index (χ0) is 18.2. The molecular formula is C17H26N4O3S. The molecule has 1 aliphatic carbocycles. The second kappa shape index (κ2) is 6.93. The lowest BCUT2D eigenvalue weighted by molar-refractivity contribution is 0.294. The fourth-order valence-electron chi connectivity index (χ4n) is 3.79. The van der Waals surface area contributed by atoms with E-state index in [0.29, 0.717) is 17.0 Å². The summed E-state index contributed by atoms with van der Waals surface area (Å²) in [5, 5.41) is 0. The molecule has 0 aliphatic heterocycles. The van der Waals surface area contributed by atoms with Gasteiger partial charge in [0, 0.05) is 26.7 Å². The molecule has 1 atom stereocenters.